The van der Waals surface area contributed by atoms with Crippen LogP contribution in [0.25, 0.3) is 0 Å². The van der Waals surface area contributed by atoms with E-state index in [9.17, 15) is 33.7 Å². The van der Waals surface area contributed by atoms with Crippen LogP contribution < -0.4 is 0 Å². The van der Waals surface area contributed by atoms with Crippen molar-refractivity contribution in [3.05, 3.63) is 0 Å². The molecule has 0 aromatic rings. The first-order chi connectivity index (χ1) is 9.83. The molecule has 2 aliphatic heterocycles. The predicted molar refractivity (Wildman–Crippen MR) is 81.7 cm³/mol. The second kappa shape index (κ2) is 5.71. The van der Waals surface area contributed by atoms with Crippen molar-refractivity contribution in [1.82, 2.24) is 0 Å². The van der Waals surface area contributed by atoms with Crippen molar-refractivity contribution in [2.75, 3.05) is 34.5 Å². The van der Waals surface area contributed by atoms with Crippen molar-refractivity contribution in [2.45, 2.75) is 23.3 Å². The van der Waals surface area contributed by atoms with Crippen molar-refractivity contribution < 1.29 is 33.7 Å². The molecule has 0 N–H and O–H groups in total. The normalized spacial score (nSPS) is 31.3. The summed E-state index contributed by atoms with van der Waals surface area (Å²) in [4.78, 5) is 0. The maximum Gasteiger partial charge on any atom is 0.155 e. The minimum Gasteiger partial charge on any atom is -0.229 e. The van der Waals surface area contributed by atoms with E-state index in [2.05, 4.69) is 0 Å². The molecule has 0 saturated carbocycles. The highest BCUT2D eigenvalue weighted by Gasteiger charge is 2.40. The minimum absolute atomic E-state index is 0.0114. The van der Waals surface area contributed by atoms with E-state index in [0.29, 0.717) is 0 Å². The third kappa shape index (κ3) is 4.20. The molecule has 2 aliphatic rings. The van der Waals surface area contributed by atoms with Gasteiger partial charge in [0.05, 0.1) is 45.0 Å². The van der Waals surface area contributed by atoms with Gasteiger partial charge < -0.3 is 0 Å². The van der Waals surface area contributed by atoms with Crippen molar-refractivity contribution >= 4 is 39.3 Å². The molecule has 0 aromatic carbocycles. The molecule has 22 heavy (non-hydrogen) atoms. The van der Waals surface area contributed by atoms with Gasteiger partial charge in [-0.05, 0) is 12.8 Å². The molecule has 2 heterocycles. The van der Waals surface area contributed by atoms with Crippen molar-refractivity contribution in [3.8, 4) is 0 Å². The number of sulfone groups is 4. The molecule has 8 nitrogen and oxygen atoms in total. The van der Waals surface area contributed by atoms with E-state index < -0.39 is 72.9 Å². The minimum atomic E-state index is -3.83. The van der Waals surface area contributed by atoms with Crippen molar-refractivity contribution in [1.29, 1.82) is 0 Å². The van der Waals surface area contributed by atoms with Crippen LogP contribution in [0.1, 0.15) is 12.8 Å². The quantitative estimate of drug-likeness (QED) is 0.532. The summed E-state index contributed by atoms with van der Waals surface area (Å²) in [6.45, 7) is 0. The van der Waals surface area contributed by atoms with Crippen LogP contribution in [-0.4, -0.2) is 78.7 Å². The molecule has 2 saturated heterocycles. The SMILES string of the molecule is O=S1(=O)CCC(S(=O)(=O)CCS(=O)(=O)C2CCS(=O)(=O)C2)C1. The summed E-state index contributed by atoms with van der Waals surface area (Å²) >= 11 is 0. The Labute approximate surface area is 131 Å². The molecule has 0 aliphatic carbocycles. The topological polar surface area (TPSA) is 137 Å². The fourth-order valence-corrected chi connectivity index (χ4v) is 12.4. The second-order valence-corrected chi connectivity index (χ2v) is 15.0. The molecule has 12 heteroatoms. The summed E-state index contributed by atoms with van der Waals surface area (Å²) in [5.74, 6) is -2.66. The van der Waals surface area contributed by atoms with E-state index in [-0.39, 0.29) is 24.3 Å². The Morgan fingerprint density at radius 2 is 1.00 bits per heavy atom. The smallest absolute Gasteiger partial charge is 0.155 e. The Morgan fingerprint density at radius 1 is 0.682 bits per heavy atom. The average molecular weight is 395 g/mol. The lowest BCUT2D eigenvalue weighted by Crippen LogP contribution is -2.32. The zero-order chi connectivity index (χ0) is 16.8. The van der Waals surface area contributed by atoms with Gasteiger partial charge >= 0.3 is 0 Å². The van der Waals surface area contributed by atoms with Gasteiger partial charge in [-0.15, -0.1) is 0 Å². The molecule has 0 aromatic heterocycles. The van der Waals surface area contributed by atoms with Gasteiger partial charge in [-0.25, -0.2) is 33.7 Å². The van der Waals surface area contributed by atoms with Gasteiger partial charge in [0, 0.05) is 0 Å². The summed E-state index contributed by atoms with van der Waals surface area (Å²) < 4.78 is 93.5. The zero-order valence-electron chi connectivity index (χ0n) is 11.7. The Hall–Kier alpha value is -0.200. The van der Waals surface area contributed by atoms with Gasteiger partial charge in [0.25, 0.3) is 0 Å². The van der Waals surface area contributed by atoms with Crippen molar-refractivity contribution in [2.24, 2.45) is 0 Å². The summed E-state index contributed by atoms with van der Waals surface area (Å²) in [5.41, 5.74) is 0. The average Bonchev–Trinajstić information content (AvgIpc) is 2.90. The molecule has 2 atom stereocenters. The number of hydrogen-bond acceptors (Lipinski definition) is 8. The summed E-state index contributed by atoms with van der Waals surface area (Å²) in [5, 5.41) is -2.11. The van der Waals surface area contributed by atoms with E-state index in [1.165, 1.54) is 0 Å². The molecular formula is C10H18O8S4. The summed E-state index contributed by atoms with van der Waals surface area (Å²) in [6.07, 6.45) is -0.0228. The molecule has 0 spiro atoms. The second-order valence-electron chi connectivity index (χ2n) is 5.78. The molecule has 130 valence electrons. The molecule has 0 amide bonds. The Bertz CT molecular complexity index is 774. The highest BCUT2D eigenvalue weighted by Crippen LogP contribution is 2.23. The first kappa shape index (κ1) is 18.1. The molecule has 2 fully saturated rings. The van der Waals surface area contributed by atoms with Crippen LogP contribution in [0.3, 0.4) is 0 Å². The molecule has 0 bridgehead atoms. The van der Waals surface area contributed by atoms with Crippen LogP contribution in [0.5, 0.6) is 0 Å². The van der Waals surface area contributed by atoms with Crippen LogP contribution >= 0.6 is 0 Å². The van der Waals surface area contributed by atoms with Crippen molar-refractivity contribution in [3.63, 3.8) is 0 Å². The largest absolute Gasteiger partial charge is 0.229 e. The van der Waals surface area contributed by atoms with Gasteiger partial charge in [-0.2, -0.15) is 0 Å². The molecule has 2 unspecified atom stereocenters. The lowest BCUT2D eigenvalue weighted by molar-refractivity contribution is 0.574. The van der Waals surface area contributed by atoms with E-state index in [1.54, 1.807) is 0 Å². The number of hydrogen-bond donors (Lipinski definition) is 0. The fraction of sp³-hybridized carbons (Fsp3) is 1.00. The van der Waals surface area contributed by atoms with Crippen LogP contribution in [0.4, 0.5) is 0 Å². The third-order valence-electron chi connectivity index (χ3n) is 4.05. The highest BCUT2D eigenvalue weighted by atomic mass is 32.2. The standard InChI is InChI=1S/C10H18O8S4/c11-19(12)3-1-9(7-19)21(15,16)5-6-22(17,18)10-2-4-20(13,14)8-10/h9-10H,1-8H2. The first-order valence-electron chi connectivity index (χ1n) is 6.67. The van der Waals surface area contributed by atoms with E-state index in [1.807, 2.05) is 0 Å². The van der Waals surface area contributed by atoms with Crippen LogP contribution in [-0.2, 0) is 39.3 Å². The van der Waals surface area contributed by atoms with Crippen LogP contribution in [0.2, 0.25) is 0 Å². The first-order valence-corrected chi connectivity index (χ1v) is 13.7. The summed E-state index contributed by atoms with van der Waals surface area (Å²) in [6, 6.07) is 0. The number of rotatable bonds is 5. The van der Waals surface area contributed by atoms with Gasteiger partial charge in [0.2, 0.25) is 0 Å². The van der Waals surface area contributed by atoms with E-state index in [4.69, 9.17) is 0 Å². The zero-order valence-corrected chi connectivity index (χ0v) is 15.0. The Kier molecular flexibility index (Phi) is 4.71. The third-order valence-corrected chi connectivity index (χ3v) is 12.6. The lowest BCUT2D eigenvalue weighted by atomic mass is 10.4. The Balaban J connectivity index is 2.03. The molecular weight excluding hydrogens is 376 g/mol. The Morgan fingerprint density at radius 3 is 1.23 bits per heavy atom. The molecule has 2 rings (SSSR count). The fourth-order valence-electron chi connectivity index (χ4n) is 2.65. The lowest BCUT2D eigenvalue weighted by Gasteiger charge is -2.12. The van der Waals surface area contributed by atoms with Gasteiger partial charge in [-0.1, -0.05) is 0 Å². The van der Waals surface area contributed by atoms with E-state index >= 15 is 0 Å². The van der Waals surface area contributed by atoms with Gasteiger partial charge in [0.15, 0.2) is 39.3 Å². The maximum absolute atomic E-state index is 12.1. The summed E-state index contributed by atoms with van der Waals surface area (Å²) in [7, 11) is -14.4. The van der Waals surface area contributed by atoms with Gasteiger partial charge in [-0.3, -0.25) is 0 Å². The maximum atomic E-state index is 12.1. The molecule has 0 radical (unpaired) electrons. The monoisotopic (exact) mass is 394 g/mol. The van der Waals surface area contributed by atoms with Crippen LogP contribution in [0, 0.1) is 0 Å². The predicted octanol–water partition coefficient (Wildman–Crippen LogP) is -1.81. The van der Waals surface area contributed by atoms with E-state index in [0.717, 1.165) is 0 Å². The van der Waals surface area contributed by atoms with Gasteiger partial charge in [0.1, 0.15) is 0 Å². The van der Waals surface area contributed by atoms with Crippen LogP contribution in [0.15, 0.2) is 0 Å². The highest BCUT2D eigenvalue weighted by molar-refractivity contribution is 7.98.